The lowest BCUT2D eigenvalue weighted by Crippen LogP contribution is -2.40. The second-order valence-electron chi connectivity index (χ2n) is 6.52. The van der Waals surface area contributed by atoms with Gasteiger partial charge >= 0.3 is 0 Å². The van der Waals surface area contributed by atoms with Crippen molar-refractivity contribution >= 4 is 26.7 Å². The Morgan fingerprint density at radius 2 is 2.07 bits per heavy atom. The quantitative estimate of drug-likeness (QED) is 0.644. The van der Waals surface area contributed by atoms with E-state index in [0.717, 1.165) is 22.5 Å². The van der Waals surface area contributed by atoms with E-state index in [1.807, 2.05) is 18.2 Å². The molecule has 4 rings (SSSR count). The van der Waals surface area contributed by atoms with Crippen LogP contribution in [0.1, 0.15) is 5.56 Å². The Hall–Kier alpha value is -3.05. The molecule has 8 heteroatoms. The SMILES string of the molecule is C=S1(=O)CCN(c2ccc(-c3cc(OC)cn4ncc(C#N)c34)cn2)CC1. The van der Waals surface area contributed by atoms with E-state index in [2.05, 4.69) is 26.9 Å². The fraction of sp³-hybridized carbons (Fsp3) is 0.263. The lowest BCUT2D eigenvalue weighted by molar-refractivity contribution is 0.412. The highest BCUT2D eigenvalue weighted by Gasteiger charge is 2.19. The Balaban J connectivity index is 1.72. The minimum atomic E-state index is -1.93. The topological polar surface area (TPSA) is 83.5 Å². The number of hydrogen-bond acceptors (Lipinski definition) is 6. The summed E-state index contributed by atoms with van der Waals surface area (Å²) >= 11 is 0. The molecule has 0 spiro atoms. The van der Waals surface area contributed by atoms with Gasteiger partial charge in [0, 0.05) is 41.9 Å². The molecule has 0 unspecified atom stereocenters. The van der Waals surface area contributed by atoms with Gasteiger partial charge in [-0.25, -0.2) is 9.50 Å². The monoisotopic (exact) mass is 381 g/mol. The summed E-state index contributed by atoms with van der Waals surface area (Å²) in [6.07, 6.45) is 5.07. The van der Waals surface area contributed by atoms with E-state index in [1.54, 1.807) is 30.2 Å². The molecule has 0 saturated carbocycles. The summed E-state index contributed by atoms with van der Waals surface area (Å²) in [7, 11) is -0.337. The van der Waals surface area contributed by atoms with Crippen molar-refractivity contribution in [2.24, 2.45) is 0 Å². The van der Waals surface area contributed by atoms with Gasteiger partial charge in [0.25, 0.3) is 0 Å². The molecule has 0 N–H and O–H groups in total. The first-order valence-corrected chi connectivity index (χ1v) is 10.6. The fourth-order valence-corrected chi connectivity index (χ4v) is 4.55. The van der Waals surface area contributed by atoms with Crippen LogP contribution in [0.5, 0.6) is 5.75 Å². The number of ether oxygens (including phenoxy) is 1. The van der Waals surface area contributed by atoms with Crippen LogP contribution in [-0.2, 0) is 9.52 Å². The van der Waals surface area contributed by atoms with Crippen LogP contribution in [0.15, 0.2) is 36.8 Å². The lowest BCUT2D eigenvalue weighted by Gasteiger charge is -2.29. The number of pyridine rings is 2. The maximum absolute atomic E-state index is 12.0. The van der Waals surface area contributed by atoms with Gasteiger partial charge < -0.3 is 9.64 Å². The van der Waals surface area contributed by atoms with Crippen LogP contribution in [0.4, 0.5) is 5.82 Å². The Morgan fingerprint density at radius 1 is 1.30 bits per heavy atom. The average molecular weight is 381 g/mol. The second-order valence-corrected chi connectivity index (χ2v) is 9.27. The third-order valence-corrected chi connectivity index (χ3v) is 6.65. The maximum atomic E-state index is 12.0. The number of nitrogens with zero attached hydrogens (tertiary/aromatic N) is 5. The van der Waals surface area contributed by atoms with Crippen molar-refractivity contribution in [2.45, 2.75) is 0 Å². The minimum Gasteiger partial charge on any atom is -0.495 e. The first-order valence-electron chi connectivity index (χ1n) is 8.50. The molecule has 0 aromatic carbocycles. The van der Waals surface area contributed by atoms with E-state index in [9.17, 15) is 9.47 Å². The molecule has 1 aliphatic rings. The molecule has 0 atom stereocenters. The zero-order chi connectivity index (χ0) is 19.0. The molecule has 27 heavy (non-hydrogen) atoms. The highest BCUT2D eigenvalue weighted by Crippen LogP contribution is 2.31. The van der Waals surface area contributed by atoms with Crippen LogP contribution in [0.2, 0.25) is 0 Å². The Labute approximate surface area is 157 Å². The van der Waals surface area contributed by atoms with Crippen molar-refractivity contribution in [2.75, 3.05) is 36.6 Å². The number of fused-ring (bicyclic) bond motifs is 1. The first kappa shape index (κ1) is 17.4. The van der Waals surface area contributed by atoms with Gasteiger partial charge in [0.15, 0.2) is 0 Å². The van der Waals surface area contributed by atoms with E-state index < -0.39 is 9.52 Å². The van der Waals surface area contributed by atoms with E-state index >= 15 is 0 Å². The Bertz CT molecular complexity index is 1130. The highest BCUT2D eigenvalue weighted by molar-refractivity contribution is 8.00. The number of nitriles is 1. The maximum Gasteiger partial charge on any atom is 0.137 e. The van der Waals surface area contributed by atoms with E-state index in [-0.39, 0.29) is 0 Å². The molecule has 0 aliphatic carbocycles. The van der Waals surface area contributed by atoms with Crippen LogP contribution in [0, 0.1) is 11.3 Å². The van der Waals surface area contributed by atoms with E-state index in [4.69, 9.17) is 4.74 Å². The molecule has 3 aromatic heterocycles. The van der Waals surface area contributed by atoms with Crippen molar-refractivity contribution in [3.63, 3.8) is 0 Å². The van der Waals surface area contributed by atoms with Gasteiger partial charge in [0.2, 0.25) is 0 Å². The Kier molecular flexibility index (Phi) is 4.24. The normalized spacial score (nSPS) is 16.2. The fourth-order valence-electron chi connectivity index (χ4n) is 3.24. The van der Waals surface area contributed by atoms with Crippen LogP contribution < -0.4 is 9.64 Å². The van der Waals surface area contributed by atoms with Crippen molar-refractivity contribution < 1.29 is 8.95 Å². The largest absolute Gasteiger partial charge is 0.495 e. The first-order chi connectivity index (χ1) is 13.0. The third kappa shape index (κ3) is 3.22. The van der Waals surface area contributed by atoms with Crippen LogP contribution in [-0.4, -0.2) is 56.4 Å². The summed E-state index contributed by atoms with van der Waals surface area (Å²) in [4.78, 5) is 6.71. The molecule has 0 amide bonds. The molecule has 1 fully saturated rings. The number of methoxy groups -OCH3 is 1. The van der Waals surface area contributed by atoms with E-state index in [1.165, 1.54) is 0 Å². The molecule has 0 bridgehead atoms. The number of anilines is 1. The second kappa shape index (κ2) is 6.59. The standard InChI is InChI=1S/C19H19N5O2S/c1-26-16-9-17(19-15(10-20)12-22-24(19)13-16)14-3-4-18(21-11-14)23-5-7-27(2,25)8-6-23/h3-4,9,11-13H,2,5-8H2,1H3. The van der Waals surface area contributed by atoms with E-state index in [0.29, 0.717) is 35.9 Å². The van der Waals surface area contributed by atoms with Crippen LogP contribution in [0.3, 0.4) is 0 Å². The van der Waals surface area contributed by atoms with Gasteiger partial charge in [-0.15, -0.1) is 0 Å². The summed E-state index contributed by atoms with van der Waals surface area (Å²) in [5, 5.41) is 13.6. The number of aromatic nitrogens is 3. The van der Waals surface area contributed by atoms with Gasteiger partial charge in [-0.2, -0.15) is 10.4 Å². The molecule has 4 heterocycles. The van der Waals surface area contributed by atoms with Crippen LogP contribution in [0.25, 0.3) is 16.6 Å². The molecule has 138 valence electrons. The summed E-state index contributed by atoms with van der Waals surface area (Å²) in [5.74, 6) is 6.48. The van der Waals surface area contributed by atoms with Crippen molar-refractivity contribution in [1.29, 1.82) is 5.26 Å². The predicted octanol–water partition coefficient (Wildman–Crippen LogP) is 1.81. The summed E-state index contributed by atoms with van der Waals surface area (Å²) in [6.45, 7) is 1.39. The summed E-state index contributed by atoms with van der Waals surface area (Å²) < 4.78 is 19.0. The molecule has 1 saturated heterocycles. The van der Waals surface area contributed by atoms with Crippen molar-refractivity contribution in [3.05, 3.63) is 42.4 Å². The van der Waals surface area contributed by atoms with Gasteiger partial charge in [-0.1, -0.05) is 0 Å². The molecule has 7 nitrogen and oxygen atoms in total. The van der Waals surface area contributed by atoms with Gasteiger partial charge in [0.1, 0.15) is 17.6 Å². The molecule has 3 aromatic rings. The number of hydrogen-bond donors (Lipinski definition) is 0. The highest BCUT2D eigenvalue weighted by atomic mass is 32.2. The number of rotatable bonds is 3. The van der Waals surface area contributed by atoms with Gasteiger partial charge in [-0.3, -0.25) is 4.21 Å². The lowest BCUT2D eigenvalue weighted by atomic mass is 10.1. The minimum absolute atomic E-state index is 0.498. The zero-order valence-electron chi connectivity index (χ0n) is 15.0. The molecule has 0 radical (unpaired) electrons. The van der Waals surface area contributed by atoms with Crippen LogP contribution >= 0.6 is 0 Å². The summed E-state index contributed by atoms with van der Waals surface area (Å²) in [6, 6.07) is 7.99. The molecule has 1 aliphatic heterocycles. The van der Waals surface area contributed by atoms with Crippen molar-refractivity contribution in [1.82, 2.24) is 14.6 Å². The van der Waals surface area contributed by atoms with Gasteiger partial charge in [0.05, 0.1) is 30.6 Å². The summed E-state index contributed by atoms with van der Waals surface area (Å²) in [5.41, 5.74) is 2.93. The van der Waals surface area contributed by atoms with Gasteiger partial charge in [-0.05, 0) is 33.6 Å². The Morgan fingerprint density at radius 3 is 2.70 bits per heavy atom. The molecular weight excluding hydrogens is 362 g/mol. The van der Waals surface area contributed by atoms with Crippen molar-refractivity contribution in [3.8, 4) is 22.9 Å². The predicted molar refractivity (Wildman–Crippen MR) is 107 cm³/mol. The third-order valence-electron chi connectivity index (χ3n) is 4.79. The molecular formula is C19H19N5O2S. The average Bonchev–Trinajstić information content (AvgIpc) is 3.10. The smallest absolute Gasteiger partial charge is 0.137 e. The zero-order valence-corrected chi connectivity index (χ0v) is 15.8.